The maximum atomic E-state index is 12.8. The summed E-state index contributed by atoms with van der Waals surface area (Å²) in [4.78, 5) is 12.8. The Morgan fingerprint density at radius 3 is 2.70 bits per heavy atom. The second kappa shape index (κ2) is 6.93. The van der Waals surface area contributed by atoms with Crippen LogP contribution in [0.5, 0.6) is 0 Å². The predicted molar refractivity (Wildman–Crippen MR) is 88.6 cm³/mol. The van der Waals surface area contributed by atoms with Gasteiger partial charge >= 0.3 is 0 Å². The zero-order valence-corrected chi connectivity index (χ0v) is 13.3. The Balaban J connectivity index is 1.71. The first-order valence-electron chi connectivity index (χ1n) is 7.85. The fourth-order valence-corrected chi connectivity index (χ4v) is 3.00. The monoisotopic (exact) mass is 314 g/mol. The van der Waals surface area contributed by atoms with E-state index in [2.05, 4.69) is 15.7 Å². The summed E-state index contributed by atoms with van der Waals surface area (Å²) in [5.74, 6) is 0.0349. The van der Waals surface area contributed by atoms with Crippen LogP contribution in [0.2, 0.25) is 0 Å². The molecule has 1 aliphatic heterocycles. The van der Waals surface area contributed by atoms with E-state index in [9.17, 15) is 4.79 Å². The molecule has 0 spiro atoms. The summed E-state index contributed by atoms with van der Waals surface area (Å²) in [7, 11) is 1.65. The average molecular weight is 314 g/mol. The molecular formula is C17H22N4O2. The number of piperidine rings is 1. The van der Waals surface area contributed by atoms with Crippen molar-refractivity contribution in [3.05, 3.63) is 42.7 Å². The van der Waals surface area contributed by atoms with Gasteiger partial charge in [-0.1, -0.05) is 0 Å². The summed E-state index contributed by atoms with van der Waals surface area (Å²) in [6, 6.07) is 9.55. The lowest BCUT2D eigenvalue weighted by molar-refractivity contribution is -0.130. The molecule has 6 nitrogen and oxygen atoms in total. The van der Waals surface area contributed by atoms with Gasteiger partial charge in [-0.25, -0.2) is 4.68 Å². The van der Waals surface area contributed by atoms with Gasteiger partial charge in [-0.05, 0) is 56.3 Å². The topological polar surface area (TPSA) is 68.2 Å². The van der Waals surface area contributed by atoms with Crippen LogP contribution >= 0.6 is 0 Å². The van der Waals surface area contributed by atoms with E-state index in [1.54, 1.807) is 18.0 Å². The third-order valence-electron chi connectivity index (χ3n) is 4.36. The molecule has 2 N–H and O–H groups in total. The maximum absolute atomic E-state index is 12.8. The van der Waals surface area contributed by atoms with E-state index in [4.69, 9.17) is 4.74 Å². The summed E-state index contributed by atoms with van der Waals surface area (Å²) in [5, 5.41) is 10.5. The minimum absolute atomic E-state index is 0.0349. The van der Waals surface area contributed by atoms with Gasteiger partial charge in [0.25, 0.3) is 0 Å². The Kier molecular flexibility index (Phi) is 4.73. The maximum Gasteiger partial charge on any atom is 0.233 e. The first-order valence-corrected chi connectivity index (χ1v) is 7.85. The van der Waals surface area contributed by atoms with Crippen molar-refractivity contribution >= 4 is 11.6 Å². The van der Waals surface area contributed by atoms with Crippen molar-refractivity contribution in [2.24, 2.45) is 5.41 Å². The molecule has 0 saturated carbocycles. The zero-order chi connectivity index (χ0) is 16.1. The van der Waals surface area contributed by atoms with Gasteiger partial charge in [-0.3, -0.25) is 4.79 Å². The lowest BCUT2D eigenvalue weighted by atomic mass is 9.78. The quantitative estimate of drug-likeness (QED) is 0.883. The molecule has 1 aliphatic rings. The third kappa shape index (κ3) is 3.43. The van der Waals surface area contributed by atoms with Crippen molar-refractivity contribution in [2.75, 3.05) is 32.1 Å². The molecule has 1 amide bonds. The number of methoxy groups -OCH3 is 1. The smallest absolute Gasteiger partial charge is 0.233 e. The summed E-state index contributed by atoms with van der Waals surface area (Å²) < 4.78 is 7.09. The third-order valence-corrected chi connectivity index (χ3v) is 4.36. The molecule has 0 atom stereocenters. The van der Waals surface area contributed by atoms with Gasteiger partial charge in [0.1, 0.15) is 0 Å². The highest BCUT2D eigenvalue weighted by molar-refractivity contribution is 5.95. The highest BCUT2D eigenvalue weighted by Gasteiger charge is 2.39. The van der Waals surface area contributed by atoms with Crippen LogP contribution in [0, 0.1) is 5.41 Å². The lowest BCUT2D eigenvalue weighted by Gasteiger charge is -2.35. The van der Waals surface area contributed by atoms with Gasteiger partial charge in [-0.2, -0.15) is 5.10 Å². The molecule has 0 unspecified atom stereocenters. The molecule has 3 rings (SSSR count). The number of hydrogen-bond donors (Lipinski definition) is 2. The summed E-state index contributed by atoms with van der Waals surface area (Å²) in [6.45, 7) is 2.13. The molecule has 0 bridgehead atoms. The number of rotatable bonds is 5. The number of anilines is 1. The van der Waals surface area contributed by atoms with Gasteiger partial charge in [0.05, 0.1) is 17.7 Å². The van der Waals surface area contributed by atoms with E-state index < -0.39 is 5.41 Å². The van der Waals surface area contributed by atoms with E-state index in [-0.39, 0.29) is 5.91 Å². The molecule has 2 heterocycles. The van der Waals surface area contributed by atoms with Crippen LogP contribution in [0.25, 0.3) is 5.69 Å². The van der Waals surface area contributed by atoms with E-state index in [1.807, 2.05) is 36.5 Å². The van der Waals surface area contributed by atoms with E-state index in [0.717, 1.165) is 37.3 Å². The molecule has 0 radical (unpaired) electrons. The summed E-state index contributed by atoms with van der Waals surface area (Å²) in [6.07, 6.45) is 5.20. The molecule has 1 aromatic carbocycles. The summed E-state index contributed by atoms with van der Waals surface area (Å²) >= 11 is 0. The van der Waals surface area contributed by atoms with E-state index in [1.165, 1.54) is 0 Å². The van der Waals surface area contributed by atoms with Crippen LogP contribution < -0.4 is 10.6 Å². The fourth-order valence-electron chi connectivity index (χ4n) is 3.00. The van der Waals surface area contributed by atoms with E-state index >= 15 is 0 Å². The highest BCUT2D eigenvalue weighted by Crippen LogP contribution is 2.31. The number of aromatic nitrogens is 2. The van der Waals surface area contributed by atoms with Gasteiger partial charge < -0.3 is 15.4 Å². The molecular weight excluding hydrogens is 292 g/mol. The van der Waals surface area contributed by atoms with Crippen LogP contribution in [-0.4, -0.2) is 42.5 Å². The number of nitrogens with zero attached hydrogens (tertiary/aromatic N) is 2. The number of carbonyl (C=O) groups excluding carboxylic acids is 1. The molecule has 122 valence electrons. The lowest BCUT2D eigenvalue weighted by Crippen LogP contribution is -2.47. The number of benzene rings is 1. The van der Waals surface area contributed by atoms with Crippen LogP contribution in [0.15, 0.2) is 42.7 Å². The van der Waals surface area contributed by atoms with Gasteiger partial charge in [-0.15, -0.1) is 0 Å². The van der Waals surface area contributed by atoms with Crippen molar-refractivity contribution in [1.29, 1.82) is 0 Å². The Labute approximate surface area is 135 Å². The number of nitrogens with one attached hydrogen (secondary N) is 2. The SMILES string of the molecule is COCC1(C(=O)Nc2ccc(-n3cccn3)cc2)CCNCC1. The molecule has 2 aromatic rings. The van der Waals surface area contributed by atoms with Gasteiger partial charge in [0.2, 0.25) is 5.91 Å². The number of hydrogen-bond acceptors (Lipinski definition) is 4. The van der Waals surface area contributed by atoms with Crippen LogP contribution in [0.1, 0.15) is 12.8 Å². The average Bonchev–Trinajstić information content (AvgIpc) is 3.11. The highest BCUT2D eigenvalue weighted by atomic mass is 16.5. The number of amides is 1. The van der Waals surface area contributed by atoms with Crippen LogP contribution in [0.3, 0.4) is 0 Å². The first kappa shape index (κ1) is 15.7. The number of ether oxygens (including phenoxy) is 1. The number of carbonyl (C=O) groups is 1. The van der Waals surface area contributed by atoms with Crippen molar-refractivity contribution in [3.8, 4) is 5.69 Å². The molecule has 6 heteroatoms. The second-order valence-electron chi connectivity index (χ2n) is 5.91. The normalized spacial score (nSPS) is 16.9. The molecule has 0 aliphatic carbocycles. The first-order chi connectivity index (χ1) is 11.2. The standard InChI is InChI=1S/C17H22N4O2/c1-23-13-17(7-10-18-11-8-17)16(22)20-14-3-5-15(6-4-14)21-12-2-9-19-21/h2-6,9,12,18H,7-8,10-11,13H2,1H3,(H,20,22). The van der Waals surface area contributed by atoms with Crippen molar-refractivity contribution in [1.82, 2.24) is 15.1 Å². The van der Waals surface area contributed by atoms with Gasteiger partial charge in [0.15, 0.2) is 0 Å². The van der Waals surface area contributed by atoms with Crippen molar-refractivity contribution in [2.45, 2.75) is 12.8 Å². The summed E-state index contributed by atoms with van der Waals surface area (Å²) in [5.41, 5.74) is 1.31. The largest absolute Gasteiger partial charge is 0.384 e. The van der Waals surface area contributed by atoms with E-state index in [0.29, 0.717) is 6.61 Å². The van der Waals surface area contributed by atoms with Crippen molar-refractivity contribution < 1.29 is 9.53 Å². The second-order valence-corrected chi connectivity index (χ2v) is 5.91. The molecule has 1 saturated heterocycles. The Morgan fingerprint density at radius 2 is 2.09 bits per heavy atom. The molecule has 23 heavy (non-hydrogen) atoms. The Hall–Kier alpha value is -2.18. The molecule has 1 aromatic heterocycles. The zero-order valence-electron chi connectivity index (χ0n) is 13.3. The predicted octanol–water partition coefficient (Wildman–Crippen LogP) is 1.83. The van der Waals surface area contributed by atoms with Crippen LogP contribution in [0.4, 0.5) is 5.69 Å². The minimum Gasteiger partial charge on any atom is -0.384 e. The Bertz CT molecular complexity index is 626. The van der Waals surface area contributed by atoms with Crippen molar-refractivity contribution in [3.63, 3.8) is 0 Å². The van der Waals surface area contributed by atoms with Gasteiger partial charge in [0, 0.05) is 25.2 Å². The fraction of sp³-hybridized carbons (Fsp3) is 0.412. The minimum atomic E-state index is -0.444. The Morgan fingerprint density at radius 1 is 1.35 bits per heavy atom. The molecule has 1 fully saturated rings. The van der Waals surface area contributed by atoms with Crippen LogP contribution in [-0.2, 0) is 9.53 Å².